The van der Waals surface area contributed by atoms with E-state index in [0.29, 0.717) is 6.04 Å². The molecule has 2 aliphatic rings. The van der Waals surface area contributed by atoms with Gasteiger partial charge in [0.05, 0.1) is 0 Å². The highest BCUT2D eigenvalue weighted by Crippen LogP contribution is 2.30. The van der Waals surface area contributed by atoms with Crippen LogP contribution in [0.5, 0.6) is 0 Å². The Hall–Kier alpha value is -0.0800. The first-order valence-electron chi connectivity index (χ1n) is 7.25. The van der Waals surface area contributed by atoms with Gasteiger partial charge < -0.3 is 5.73 Å². The molecule has 0 radical (unpaired) electrons. The molecule has 94 valence electrons. The van der Waals surface area contributed by atoms with Crippen LogP contribution in [-0.2, 0) is 0 Å². The summed E-state index contributed by atoms with van der Waals surface area (Å²) < 4.78 is 0. The fourth-order valence-electron chi connectivity index (χ4n) is 3.61. The second kappa shape index (κ2) is 6.02. The smallest absolute Gasteiger partial charge is 0.0246 e. The van der Waals surface area contributed by atoms with Crippen LogP contribution in [0.3, 0.4) is 0 Å². The van der Waals surface area contributed by atoms with Crippen molar-refractivity contribution < 1.29 is 0 Å². The van der Waals surface area contributed by atoms with Gasteiger partial charge in [0.1, 0.15) is 0 Å². The highest BCUT2D eigenvalue weighted by Gasteiger charge is 2.30. The molecule has 16 heavy (non-hydrogen) atoms. The summed E-state index contributed by atoms with van der Waals surface area (Å²) in [6.45, 7) is 5.83. The third kappa shape index (κ3) is 2.98. The Morgan fingerprint density at radius 2 is 1.81 bits per heavy atom. The molecule has 0 aromatic rings. The van der Waals surface area contributed by atoms with Crippen LogP contribution in [0.25, 0.3) is 0 Å². The third-order valence-corrected chi connectivity index (χ3v) is 4.61. The van der Waals surface area contributed by atoms with E-state index < -0.39 is 0 Å². The summed E-state index contributed by atoms with van der Waals surface area (Å²) in [5.74, 6) is 1.78. The lowest BCUT2D eigenvalue weighted by atomic mass is 9.91. The van der Waals surface area contributed by atoms with Gasteiger partial charge in [-0.05, 0) is 37.6 Å². The summed E-state index contributed by atoms with van der Waals surface area (Å²) in [5, 5.41) is 0. The lowest BCUT2D eigenvalue weighted by Gasteiger charge is -2.33. The molecule has 0 amide bonds. The van der Waals surface area contributed by atoms with Crippen LogP contribution in [0.15, 0.2) is 0 Å². The molecule has 2 rings (SSSR count). The van der Waals surface area contributed by atoms with Crippen molar-refractivity contribution in [2.24, 2.45) is 17.6 Å². The Morgan fingerprint density at radius 3 is 2.31 bits per heavy atom. The van der Waals surface area contributed by atoms with Gasteiger partial charge in [-0.1, -0.05) is 32.6 Å². The van der Waals surface area contributed by atoms with E-state index in [9.17, 15) is 0 Å². The summed E-state index contributed by atoms with van der Waals surface area (Å²) >= 11 is 0. The Labute approximate surface area is 101 Å². The molecule has 1 aliphatic heterocycles. The van der Waals surface area contributed by atoms with E-state index in [2.05, 4.69) is 11.8 Å². The molecule has 1 saturated carbocycles. The minimum absolute atomic E-state index is 0.683. The number of likely N-dealkylation sites (tertiary alicyclic amines) is 1. The fourth-order valence-corrected chi connectivity index (χ4v) is 3.61. The van der Waals surface area contributed by atoms with E-state index in [4.69, 9.17) is 5.73 Å². The molecule has 1 aliphatic carbocycles. The van der Waals surface area contributed by atoms with Crippen LogP contribution >= 0.6 is 0 Å². The lowest BCUT2D eigenvalue weighted by molar-refractivity contribution is 0.162. The van der Waals surface area contributed by atoms with Crippen molar-refractivity contribution >= 4 is 0 Å². The monoisotopic (exact) mass is 224 g/mol. The zero-order valence-electron chi connectivity index (χ0n) is 10.8. The molecule has 2 N–H and O–H groups in total. The van der Waals surface area contributed by atoms with Crippen LogP contribution in [-0.4, -0.2) is 30.6 Å². The average Bonchev–Trinajstić information content (AvgIpc) is 2.55. The lowest BCUT2D eigenvalue weighted by Crippen LogP contribution is -2.44. The Balaban J connectivity index is 1.92. The van der Waals surface area contributed by atoms with E-state index in [1.807, 2.05) is 0 Å². The maximum absolute atomic E-state index is 6.04. The molecule has 0 aromatic carbocycles. The van der Waals surface area contributed by atoms with Crippen molar-refractivity contribution in [2.75, 3.05) is 19.6 Å². The van der Waals surface area contributed by atoms with Crippen LogP contribution in [0, 0.1) is 11.8 Å². The number of hydrogen-bond donors (Lipinski definition) is 1. The van der Waals surface area contributed by atoms with Crippen molar-refractivity contribution in [1.29, 1.82) is 0 Å². The standard InChI is InChI=1S/C14H28N2/c1-12-8-9-16(11-12)14(10-15)13-6-4-2-3-5-7-13/h12-14H,2-11,15H2,1H3. The van der Waals surface area contributed by atoms with Gasteiger partial charge in [-0.2, -0.15) is 0 Å². The predicted molar refractivity (Wildman–Crippen MR) is 69.4 cm³/mol. The average molecular weight is 224 g/mol. The predicted octanol–water partition coefficient (Wildman–Crippen LogP) is 2.63. The first kappa shape index (κ1) is 12.4. The second-order valence-electron chi connectivity index (χ2n) is 5.94. The molecule has 2 atom stereocenters. The van der Waals surface area contributed by atoms with Gasteiger partial charge in [-0.15, -0.1) is 0 Å². The Bertz CT molecular complexity index is 197. The quantitative estimate of drug-likeness (QED) is 0.747. The molecule has 2 nitrogen and oxygen atoms in total. The minimum Gasteiger partial charge on any atom is -0.329 e. The summed E-state index contributed by atoms with van der Waals surface area (Å²) in [4.78, 5) is 2.68. The SMILES string of the molecule is CC1CCN(C(CN)C2CCCCCC2)C1. The highest BCUT2D eigenvalue weighted by molar-refractivity contribution is 4.86. The number of rotatable bonds is 3. The van der Waals surface area contributed by atoms with Crippen molar-refractivity contribution in [2.45, 2.75) is 57.9 Å². The van der Waals surface area contributed by atoms with Crippen LogP contribution in [0.1, 0.15) is 51.9 Å². The van der Waals surface area contributed by atoms with E-state index >= 15 is 0 Å². The normalized spacial score (nSPS) is 31.5. The Morgan fingerprint density at radius 1 is 1.12 bits per heavy atom. The maximum Gasteiger partial charge on any atom is 0.0246 e. The molecule has 1 heterocycles. The van der Waals surface area contributed by atoms with Gasteiger partial charge >= 0.3 is 0 Å². The van der Waals surface area contributed by atoms with Crippen molar-refractivity contribution in [3.8, 4) is 0 Å². The molecule has 2 unspecified atom stereocenters. The molecule has 2 heteroatoms. The summed E-state index contributed by atoms with van der Waals surface area (Å²) in [6, 6.07) is 0.683. The largest absolute Gasteiger partial charge is 0.329 e. The molecule has 0 spiro atoms. The second-order valence-corrected chi connectivity index (χ2v) is 5.94. The molecule has 2 fully saturated rings. The highest BCUT2D eigenvalue weighted by atomic mass is 15.2. The number of nitrogens with zero attached hydrogens (tertiary/aromatic N) is 1. The van der Waals surface area contributed by atoms with Gasteiger partial charge in [0, 0.05) is 19.1 Å². The van der Waals surface area contributed by atoms with Gasteiger partial charge in [-0.3, -0.25) is 4.90 Å². The van der Waals surface area contributed by atoms with Gasteiger partial charge in [0.25, 0.3) is 0 Å². The number of nitrogens with two attached hydrogens (primary N) is 1. The summed E-state index contributed by atoms with van der Waals surface area (Å²) in [6.07, 6.45) is 9.99. The third-order valence-electron chi connectivity index (χ3n) is 4.61. The van der Waals surface area contributed by atoms with Crippen molar-refractivity contribution in [1.82, 2.24) is 4.90 Å². The zero-order valence-corrected chi connectivity index (χ0v) is 10.8. The van der Waals surface area contributed by atoms with E-state index in [1.165, 1.54) is 58.0 Å². The van der Waals surface area contributed by atoms with Gasteiger partial charge in [0.15, 0.2) is 0 Å². The van der Waals surface area contributed by atoms with E-state index in [-0.39, 0.29) is 0 Å². The van der Waals surface area contributed by atoms with Crippen LogP contribution in [0.2, 0.25) is 0 Å². The summed E-state index contributed by atoms with van der Waals surface area (Å²) in [7, 11) is 0. The van der Waals surface area contributed by atoms with Crippen LogP contribution in [0.4, 0.5) is 0 Å². The molecule has 0 aromatic heterocycles. The maximum atomic E-state index is 6.04. The molecule has 1 saturated heterocycles. The van der Waals surface area contributed by atoms with Gasteiger partial charge in [0.2, 0.25) is 0 Å². The fraction of sp³-hybridized carbons (Fsp3) is 1.00. The van der Waals surface area contributed by atoms with E-state index in [1.54, 1.807) is 0 Å². The van der Waals surface area contributed by atoms with E-state index in [0.717, 1.165) is 18.4 Å². The number of hydrogen-bond acceptors (Lipinski definition) is 2. The van der Waals surface area contributed by atoms with Crippen molar-refractivity contribution in [3.63, 3.8) is 0 Å². The topological polar surface area (TPSA) is 29.3 Å². The first-order valence-corrected chi connectivity index (χ1v) is 7.25. The Kier molecular flexibility index (Phi) is 4.66. The minimum atomic E-state index is 0.683. The van der Waals surface area contributed by atoms with Crippen LogP contribution < -0.4 is 5.73 Å². The first-order chi connectivity index (χ1) is 7.81. The molecular formula is C14H28N2. The van der Waals surface area contributed by atoms with Crippen molar-refractivity contribution in [3.05, 3.63) is 0 Å². The summed E-state index contributed by atoms with van der Waals surface area (Å²) in [5.41, 5.74) is 6.04. The molecular weight excluding hydrogens is 196 g/mol. The molecule has 0 bridgehead atoms. The zero-order chi connectivity index (χ0) is 11.4. The van der Waals surface area contributed by atoms with Gasteiger partial charge in [-0.25, -0.2) is 0 Å².